The number of hydrogen-bond donors (Lipinski definition) is 3. The summed E-state index contributed by atoms with van der Waals surface area (Å²) in [5, 5.41) is 29.6. The summed E-state index contributed by atoms with van der Waals surface area (Å²) < 4.78 is 6.60. The molecule has 0 aromatic carbocycles. The molecule has 0 spiro atoms. The van der Waals surface area contributed by atoms with Crippen LogP contribution in [0.25, 0.3) is 5.57 Å². The first-order chi connectivity index (χ1) is 14.2. The number of hydrogen-bond acceptors (Lipinski definition) is 5. The van der Waals surface area contributed by atoms with Crippen LogP contribution in [0.15, 0.2) is 17.9 Å². The summed E-state index contributed by atoms with van der Waals surface area (Å²) in [5.41, 5.74) is 3.10. The van der Waals surface area contributed by atoms with Gasteiger partial charge in [-0.05, 0) is 61.8 Å². The highest BCUT2D eigenvalue weighted by Crippen LogP contribution is 2.65. The zero-order valence-electron chi connectivity index (χ0n) is 18.9. The molecule has 0 amide bonds. The minimum Gasteiger partial charge on any atom is -0.489 e. The van der Waals surface area contributed by atoms with Gasteiger partial charge in [0.05, 0.1) is 24.6 Å². The Morgan fingerprint density at radius 1 is 0.967 bits per heavy atom. The number of nitrogens with zero attached hydrogens (tertiary/aromatic N) is 1. The molecule has 30 heavy (non-hydrogen) atoms. The van der Waals surface area contributed by atoms with E-state index < -0.39 is 0 Å². The zero-order valence-corrected chi connectivity index (χ0v) is 18.9. The van der Waals surface area contributed by atoms with Crippen LogP contribution in [0, 0.1) is 22.7 Å². The molecule has 1 aromatic rings. The monoisotopic (exact) mass is 415 g/mol. The topological polar surface area (TPSA) is 82.8 Å². The highest BCUT2D eigenvalue weighted by Gasteiger charge is 2.60. The Hall–Kier alpha value is -1.43. The second kappa shape index (κ2) is 7.61. The highest BCUT2D eigenvalue weighted by atomic mass is 16.5. The van der Waals surface area contributed by atoms with E-state index in [0.29, 0.717) is 34.4 Å². The Bertz CT molecular complexity index is 848. The van der Waals surface area contributed by atoms with Crippen LogP contribution in [0.3, 0.4) is 0 Å². The Morgan fingerprint density at radius 2 is 1.73 bits per heavy atom. The molecule has 2 saturated carbocycles. The van der Waals surface area contributed by atoms with Crippen LogP contribution in [0.1, 0.15) is 83.2 Å². The lowest BCUT2D eigenvalue weighted by Crippen LogP contribution is -2.59. The third-order valence-corrected chi connectivity index (χ3v) is 8.65. The second-order valence-electron chi connectivity index (χ2n) is 10.8. The first kappa shape index (κ1) is 21.8. The molecule has 4 rings (SSSR count). The number of aliphatic hydroxyl groups is 3. The molecule has 1 aliphatic heterocycles. The number of rotatable bonds is 4. The van der Waals surface area contributed by atoms with Crippen molar-refractivity contribution < 1.29 is 20.1 Å². The fourth-order valence-corrected chi connectivity index (χ4v) is 7.26. The Balaban J connectivity index is 1.80. The van der Waals surface area contributed by atoms with Crippen LogP contribution >= 0.6 is 0 Å². The van der Waals surface area contributed by atoms with Gasteiger partial charge in [-0.15, -0.1) is 0 Å². The van der Waals surface area contributed by atoms with Crippen LogP contribution in [-0.4, -0.2) is 32.5 Å². The van der Waals surface area contributed by atoms with Crippen molar-refractivity contribution in [2.45, 2.75) is 85.0 Å². The molecule has 0 bridgehead atoms. The molecule has 5 heteroatoms. The van der Waals surface area contributed by atoms with Gasteiger partial charge in [-0.3, -0.25) is 4.98 Å². The average Bonchev–Trinajstić information content (AvgIpc) is 2.71. The number of allylic oxidation sites excluding steroid dienone is 1. The standard InChI is InChI=1S/C25H37NO4/c1-23(2)9-5-10-24(3)21(23)8-11-25(4)22(24)12-18(20(15-29)30-25)17-7-6-16(13-27)26-19(17)14-28/h6-7,21-22,27-29H,5,8-15H2,1-4H3/t21-,22+,24-,25+/m1/s1. The van der Waals surface area contributed by atoms with Gasteiger partial charge in [0.25, 0.3) is 0 Å². The molecule has 2 fully saturated rings. The van der Waals surface area contributed by atoms with Gasteiger partial charge in [-0.25, -0.2) is 0 Å². The van der Waals surface area contributed by atoms with Crippen LogP contribution in [0.4, 0.5) is 0 Å². The predicted octanol–water partition coefficient (Wildman–Crippen LogP) is 4.19. The van der Waals surface area contributed by atoms with E-state index in [1.165, 1.54) is 25.7 Å². The van der Waals surface area contributed by atoms with Gasteiger partial charge in [0.15, 0.2) is 0 Å². The SMILES string of the molecule is CC1(C)CCC[C@]2(C)[C@@H]1CC[C@]1(C)OC(CO)=C(c3ccc(CO)nc3CO)C[C@@H]21. The lowest BCUT2D eigenvalue weighted by molar-refractivity contribution is -0.182. The Labute approximate surface area is 180 Å². The van der Waals surface area contributed by atoms with Crippen molar-refractivity contribution in [2.75, 3.05) is 6.61 Å². The maximum atomic E-state index is 10.2. The molecular weight excluding hydrogens is 378 g/mol. The molecule has 1 aromatic heterocycles. The first-order valence-electron chi connectivity index (χ1n) is 11.4. The fraction of sp³-hybridized carbons (Fsp3) is 0.720. The highest BCUT2D eigenvalue weighted by molar-refractivity contribution is 5.70. The van der Waals surface area contributed by atoms with Crippen LogP contribution in [0.5, 0.6) is 0 Å². The number of ether oxygens (including phenoxy) is 1. The summed E-state index contributed by atoms with van der Waals surface area (Å²) in [6.07, 6.45) is 6.73. The number of fused-ring (bicyclic) bond motifs is 3. The van der Waals surface area contributed by atoms with Crippen molar-refractivity contribution in [3.63, 3.8) is 0 Å². The number of aromatic nitrogens is 1. The molecule has 5 nitrogen and oxygen atoms in total. The van der Waals surface area contributed by atoms with Gasteiger partial charge in [0.2, 0.25) is 0 Å². The minimum atomic E-state index is -0.280. The van der Waals surface area contributed by atoms with E-state index in [9.17, 15) is 15.3 Å². The van der Waals surface area contributed by atoms with Gasteiger partial charge in [0.1, 0.15) is 18.0 Å². The van der Waals surface area contributed by atoms with Crippen molar-refractivity contribution in [1.29, 1.82) is 0 Å². The summed E-state index contributed by atoms with van der Waals surface area (Å²) in [7, 11) is 0. The molecule has 0 saturated heterocycles. The van der Waals surface area contributed by atoms with Gasteiger partial charge in [-0.1, -0.05) is 33.3 Å². The van der Waals surface area contributed by atoms with Crippen molar-refractivity contribution in [1.82, 2.24) is 4.98 Å². The molecule has 2 heterocycles. The van der Waals surface area contributed by atoms with E-state index in [0.717, 1.165) is 24.0 Å². The molecule has 0 radical (unpaired) electrons. The van der Waals surface area contributed by atoms with Gasteiger partial charge in [-0.2, -0.15) is 0 Å². The average molecular weight is 416 g/mol. The molecular formula is C25H37NO4. The van der Waals surface area contributed by atoms with Gasteiger partial charge in [0, 0.05) is 17.1 Å². The van der Waals surface area contributed by atoms with Gasteiger partial charge >= 0.3 is 0 Å². The van der Waals surface area contributed by atoms with E-state index in [4.69, 9.17) is 4.74 Å². The van der Waals surface area contributed by atoms with E-state index in [2.05, 4.69) is 32.7 Å². The Kier molecular flexibility index (Phi) is 5.53. The Morgan fingerprint density at radius 3 is 2.40 bits per heavy atom. The zero-order chi connectivity index (χ0) is 21.7. The summed E-state index contributed by atoms with van der Waals surface area (Å²) >= 11 is 0. The fourth-order valence-electron chi connectivity index (χ4n) is 7.26. The first-order valence-corrected chi connectivity index (χ1v) is 11.4. The number of pyridine rings is 1. The van der Waals surface area contributed by atoms with Crippen LogP contribution in [0.2, 0.25) is 0 Å². The largest absolute Gasteiger partial charge is 0.489 e. The summed E-state index contributed by atoms with van der Waals surface area (Å²) in [4.78, 5) is 4.43. The maximum Gasteiger partial charge on any atom is 0.126 e. The van der Waals surface area contributed by atoms with E-state index in [1.807, 2.05) is 6.07 Å². The molecule has 4 atom stereocenters. The minimum absolute atomic E-state index is 0.157. The number of aliphatic hydroxyl groups excluding tert-OH is 3. The predicted molar refractivity (Wildman–Crippen MR) is 116 cm³/mol. The van der Waals surface area contributed by atoms with E-state index >= 15 is 0 Å². The molecule has 166 valence electrons. The molecule has 3 N–H and O–H groups in total. The second-order valence-corrected chi connectivity index (χ2v) is 10.8. The molecule has 3 aliphatic rings. The third kappa shape index (κ3) is 3.30. The van der Waals surface area contributed by atoms with E-state index in [1.54, 1.807) is 6.07 Å². The summed E-state index contributed by atoms with van der Waals surface area (Å²) in [6, 6.07) is 3.70. The lowest BCUT2D eigenvalue weighted by Gasteiger charge is -2.63. The normalized spacial score (nSPS) is 35.4. The van der Waals surface area contributed by atoms with Crippen LogP contribution < -0.4 is 0 Å². The summed E-state index contributed by atoms with van der Waals surface area (Å²) in [5.74, 6) is 1.61. The van der Waals surface area contributed by atoms with Crippen molar-refractivity contribution in [3.8, 4) is 0 Å². The summed E-state index contributed by atoms with van der Waals surface area (Å²) in [6.45, 7) is 9.03. The van der Waals surface area contributed by atoms with Crippen molar-refractivity contribution in [3.05, 3.63) is 34.8 Å². The maximum absolute atomic E-state index is 10.2. The lowest BCUT2D eigenvalue weighted by atomic mass is 9.44. The molecule has 0 unspecified atom stereocenters. The molecule has 2 aliphatic carbocycles. The van der Waals surface area contributed by atoms with Crippen molar-refractivity contribution >= 4 is 5.57 Å². The van der Waals surface area contributed by atoms with Crippen LogP contribution in [-0.2, 0) is 18.0 Å². The quantitative estimate of drug-likeness (QED) is 0.687. The van der Waals surface area contributed by atoms with Crippen molar-refractivity contribution in [2.24, 2.45) is 22.7 Å². The smallest absolute Gasteiger partial charge is 0.126 e. The third-order valence-electron chi connectivity index (χ3n) is 8.65. The van der Waals surface area contributed by atoms with Gasteiger partial charge < -0.3 is 20.1 Å². The van der Waals surface area contributed by atoms with E-state index in [-0.39, 0.29) is 30.8 Å².